The second-order valence-corrected chi connectivity index (χ2v) is 5.48. The van der Waals surface area contributed by atoms with E-state index < -0.39 is 0 Å². The lowest BCUT2D eigenvalue weighted by atomic mass is 9.83. The van der Waals surface area contributed by atoms with Crippen molar-refractivity contribution in [2.75, 3.05) is 13.2 Å². The van der Waals surface area contributed by atoms with Crippen LogP contribution in [0.4, 0.5) is 0 Å². The van der Waals surface area contributed by atoms with E-state index in [1.807, 2.05) is 6.07 Å². The fraction of sp³-hybridized carbons (Fsp3) is 0.600. The van der Waals surface area contributed by atoms with Crippen LogP contribution in [0.3, 0.4) is 0 Å². The van der Waals surface area contributed by atoms with Gasteiger partial charge in [-0.2, -0.15) is 0 Å². The quantitative estimate of drug-likeness (QED) is 0.765. The van der Waals surface area contributed by atoms with Crippen LogP contribution in [0.25, 0.3) is 0 Å². The molecule has 4 atom stereocenters. The molecule has 0 aromatic heterocycles. The molecule has 1 saturated carbocycles. The summed E-state index contributed by atoms with van der Waals surface area (Å²) in [5.41, 5.74) is 1.32. The molecule has 1 aliphatic carbocycles. The lowest BCUT2D eigenvalue weighted by Crippen LogP contribution is -2.16. The summed E-state index contributed by atoms with van der Waals surface area (Å²) in [5, 5.41) is 0. The number of hydrogen-bond donors (Lipinski definition) is 0. The van der Waals surface area contributed by atoms with Crippen LogP contribution >= 0.6 is 0 Å². The van der Waals surface area contributed by atoms with Gasteiger partial charge >= 0.3 is 0 Å². The summed E-state index contributed by atoms with van der Waals surface area (Å²) < 4.78 is 16.9. The molecule has 1 aromatic carbocycles. The fourth-order valence-electron chi connectivity index (χ4n) is 3.04. The molecule has 3 aliphatic rings. The van der Waals surface area contributed by atoms with Gasteiger partial charge in [-0.05, 0) is 24.5 Å². The van der Waals surface area contributed by atoms with Crippen LogP contribution in [0.15, 0.2) is 24.3 Å². The first-order valence-corrected chi connectivity index (χ1v) is 6.90. The van der Waals surface area contributed by atoms with Crippen molar-refractivity contribution in [1.82, 2.24) is 0 Å². The van der Waals surface area contributed by atoms with E-state index in [0.717, 1.165) is 12.4 Å². The second-order valence-electron chi connectivity index (χ2n) is 5.48. The predicted octanol–water partition coefficient (Wildman–Crippen LogP) is 2.50. The number of hydrogen-bond acceptors (Lipinski definition) is 3. The molecular formula is C15H18O3. The maximum atomic E-state index is 5.90. The third-order valence-electron chi connectivity index (χ3n) is 4.17. The summed E-state index contributed by atoms with van der Waals surface area (Å²) in [6, 6.07) is 8.41. The Balaban J connectivity index is 1.54. The molecule has 2 aliphatic heterocycles. The van der Waals surface area contributed by atoms with E-state index in [-0.39, 0.29) is 0 Å². The highest BCUT2D eigenvalue weighted by molar-refractivity contribution is 5.38. The number of para-hydroxylation sites is 1. The summed E-state index contributed by atoms with van der Waals surface area (Å²) in [6.45, 7) is 1.53. The first kappa shape index (κ1) is 10.8. The zero-order valence-electron chi connectivity index (χ0n) is 10.4. The number of epoxide rings is 2. The van der Waals surface area contributed by atoms with Crippen molar-refractivity contribution >= 4 is 0 Å². The van der Waals surface area contributed by atoms with Crippen LogP contribution in [-0.4, -0.2) is 31.5 Å². The first-order valence-electron chi connectivity index (χ1n) is 6.90. The Bertz CT molecular complexity index is 441. The van der Waals surface area contributed by atoms with Crippen molar-refractivity contribution in [3.63, 3.8) is 0 Å². The summed E-state index contributed by atoms with van der Waals surface area (Å²) in [4.78, 5) is 0. The molecule has 4 unspecified atom stereocenters. The average Bonchev–Trinajstić information content (AvgIpc) is 3.28. The number of ether oxygens (including phenoxy) is 3. The van der Waals surface area contributed by atoms with E-state index in [4.69, 9.17) is 14.2 Å². The van der Waals surface area contributed by atoms with Gasteiger partial charge in [-0.25, -0.2) is 0 Å². The topological polar surface area (TPSA) is 34.3 Å². The Kier molecular flexibility index (Phi) is 2.55. The van der Waals surface area contributed by atoms with E-state index in [1.54, 1.807) is 0 Å². The van der Waals surface area contributed by atoms with E-state index in [2.05, 4.69) is 18.2 Å². The van der Waals surface area contributed by atoms with Gasteiger partial charge in [-0.15, -0.1) is 0 Å². The van der Waals surface area contributed by atoms with E-state index in [1.165, 1.54) is 24.8 Å². The van der Waals surface area contributed by atoms with Crippen molar-refractivity contribution in [2.24, 2.45) is 0 Å². The summed E-state index contributed by atoms with van der Waals surface area (Å²) in [7, 11) is 0. The molecular weight excluding hydrogens is 228 g/mol. The molecule has 3 fully saturated rings. The molecule has 96 valence electrons. The maximum absolute atomic E-state index is 5.90. The van der Waals surface area contributed by atoms with Crippen LogP contribution in [0.1, 0.15) is 30.7 Å². The lowest BCUT2D eigenvalue weighted by Gasteiger charge is -2.21. The van der Waals surface area contributed by atoms with Crippen LogP contribution in [0.2, 0.25) is 0 Å². The summed E-state index contributed by atoms with van der Waals surface area (Å²) in [6.07, 6.45) is 5.01. The molecule has 1 aromatic rings. The molecule has 3 heteroatoms. The minimum atomic E-state index is 0.314. The number of fused-ring (bicyclic) bond motifs is 1. The molecule has 0 radical (unpaired) electrons. The molecule has 2 heterocycles. The molecule has 0 N–H and O–H groups in total. The van der Waals surface area contributed by atoms with Gasteiger partial charge in [-0.1, -0.05) is 24.6 Å². The van der Waals surface area contributed by atoms with Gasteiger partial charge in [0.2, 0.25) is 0 Å². The van der Waals surface area contributed by atoms with Gasteiger partial charge in [0.05, 0.1) is 18.8 Å². The van der Waals surface area contributed by atoms with Gasteiger partial charge in [0.15, 0.2) is 0 Å². The van der Waals surface area contributed by atoms with Crippen LogP contribution in [0, 0.1) is 0 Å². The largest absolute Gasteiger partial charge is 0.490 e. The Labute approximate surface area is 107 Å². The fourth-order valence-corrected chi connectivity index (χ4v) is 3.04. The molecule has 0 bridgehead atoms. The van der Waals surface area contributed by atoms with Crippen molar-refractivity contribution in [2.45, 2.75) is 43.5 Å². The SMILES string of the molecule is c1ccc(C2CCCC3OC32)c(OCC2CO2)c1. The molecule has 0 amide bonds. The van der Waals surface area contributed by atoms with Gasteiger partial charge in [0.25, 0.3) is 0 Å². The minimum Gasteiger partial charge on any atom is -0.490 e. The van der Waals surface area contributed by atoms with Gasteiger partial charge < -0.3 is 14.2 Å². The Morgan fingerprint density at radius 1 is 1.22 bits per heavy atom. The number of rotatable bonds is 4. The highest BCUT2D eigenvalue weighted by atomic mass is 16.6. The molecule has 3 nitrogen and oxygen atoms in total. The van der Waals surface area contributed by atoms with Crippen molar-refractivity contribution in [3.05, 3.63) is 29.8 Å². The third-order valence-corrected chi connectivity index (χ3v) is 4.17. The first-order chi connectivity index (χ1) is 8.92. The number of benzene rings is 1. The van der Waals surface area contributed by atoms with Gasteiger partial charge in [0, 0.05) is 5.92 Å². The second kappa shape index (κ2) is 4.25. The van der Waals surface area contributed by atoms with E-state index in [9.17, 15) is 0 Å². The third kappa shape index (κ3) is 2.02. The van der Waals surface area contributed by atoms with E-state index >= 15 is 0 Å². The van der Waals surface area contributed by atoms with Crippen LogP contribution in [-0.2, 0) is 9.47 Å². The molecule has 18 heavy (non-hydrogen) atoms. The smallest absolute Gasteiger partial charge is 0.123 e. The summed E-state index contributed by atoms with van der Waals surface area (Å²) in [5.74, 6) is 1.55. The Morgan fingerprint density at radius 2 is 2.11 bits per heavy atom. The minimum absolute atomic E-state index is 0.314. The highest BCUT2D eigenvalue weighted by Crippen LogP contribution is 2.47. The zero-order chi connectivity index (χ0) is 11.9. The zero-order valence-corrected chi connectivity index (χ0v) is 10.4. The highest BCUT2D eigenvalue weighted by Gasteiger charge is 2.48. The molecule has 4 rings (SSSR count). The molecule has 0 spiro atoms. The van der Waals surface area contributed by atoms with Crippen LogP contribution in [0.5, 0.6) is 5.75 Å². The predicted molar refractivity (Wildman–Crippen MR) is 66.9 cm³/mol. The van der Waals surface area contributed by atoms with Crippen molar-refractivity contribution < 1.29 is 14.2 Å². The van der Waals surface area contributed by atoms with Crippen molar-refractivity contribution in [3.8, 4) is 5.75 Å². The summed E-state index contributed by atoms with van der Waals surface area (Å²) >= 11 is 0. The average molecular weight is 246 g/mol. The van der Waals surface area contributed by atoms with Crippen LogP contribution < -0.4 is 4.74 Å². The molecule has 2 saturated heterocycles. The maximum Gasteiger partial charge on any atom is 0.123 e. The van der Waals surface area contributed by atoms with Gasteiger partial charge in [0.1, 0.15) is 18.5 Å². The Morgan fingerprint density at radius 3 is 3.00 bits per heavy atom. The monoisotopic (exact) mass is 246 g/mol. The van der Waals surface area contributed by atoms with E-state index in [0.29, 0.717) is 30.8 Å². The van der Waals surface area contributed by atoms with Gasteiger partial charge in [-0.3, -0.25) is 0 Å². The normalized spacial score (nSPS) is 36.9. The lowest BCUT2D eigenvalue weighted by molar-refractivity contribution is 0.258. The van der Waals surface area contributed by atoms with Crippen molar-refractivity contribution in [1.29, 1.82) is 0 Å². The standard InChI is InChI=1S/C15H18O3/c1-2-6-13(17-9-10-8-16-10)11(4-1)12-5-3-7-14-15(12)18-14/h1-2,4,6,10,12,14-15H,3,5,7-9H2. The Hall–Kier alpha value is -1.06.